The first-order valence-corrected chi connectivity index (χ1v) is 8.11. The Balaban J connectivity index is 1.95. The Labute approximate surface area is 159 Å². The second kappa shape index (κ2) is 7.35. The summed E-state index contributed by atoms with van der Waals surface area (Å²) in [5.41, 5.74) is -1.73. The Kier molecular flexibility index (Phi) is 4.94. The van der Waals surface area contributed by atoms with Crippen LogP contribution in [-0.4, -0.2) is 47.1 Å². The van der Waals surface area contributed by atoms with E-state index >= 15 is 0 Å². The van der Waals surface area contributed by atoms with Gasteiger partial charge in [0.2, 0.25) is 0 Å². The first kappa shape index (κ1) is 18.8. The van der Waals surface area contributed by atoms with Crippen LogP contribution in [0.5, 0.6) is 11.5 Å². The van der Waals surface area contributed by atoms with Crippen molar-refractivity contribution in [2.45, 2.75) is 0 Å². The van der Waals surface area contributed by atoms with Crippen molar-refractivity contribution in [1.82, 2.24) is 14.9 Å². The van der Waals surface area contributed by atoms with E-state index in [2.05, 4.69) is 20.6 Å². The highest BCUT2D eigenvalue weighted by molar-refractivity contribution is 5.97. The predicted octanol–water partition coefficient (Wildman–Crippen LogP) is 0.976. The van der Waals surface area contributed by atoms with E-state index in [0.717, 1.165) is 0 Å². The van der Waals surface area contributed by atoms with Crippen molar-refractivity contribution < 1.29 is 14.6 Å². The summed E-state index contributed by atoms with van der Waals surface area (Å²) < 4.78 is 5.16. The van der Waals surface area contributed by atoms with Gasteiger partial charge in [-0.3, -0.25) is 14.4 Å². The van der Waals surface area contributed by atoms with E-state index in [9.17, 15) is 19.5 Å². The molecular formula is C18H17N5O5. The standard InChI is InChI=1S/C18H17N5O5/c1-23(2)18(27)13-14(24)9(6-8-19-13)21-11-12(16(26)15(11)25)22-17-10(28-3)5-4-7-20-17/h4-8,24H,1-3H3,(H,19,21)(H,20,22). The monoisotopic (exact) mass is 383 g/mol. The third kappa shape index (κ3) is 3.22. The van der Waals surface area contributed by atoms with Gasteiger partial charge in [-0.15, -0.1) is 0 Å². The van der Waals surface area contributed by atoms with Crippen molar-refractivity contribution in [2.75, 3.05) is 31.8 Å². The number of aromatic hydroxyl groups is 1. The van der Waals surface area contributed by atoms with Crippen molar-refractivity contribution in [1.29, 1.82) is 0 Å². The lowest BCUT2D eigenvalue weighted by molar-refractivity contribution is 0.0819. The maximum Gasteiger partial charge on any atom is 0.275 e. The first-order valence-electron chi connectivity index (χ1n) is 8.11. The zero-order valence-corrected chi connectivity index (χ0v) is 15.3. The molecular weight excluding hydrogens is 366 g/mol. The summed E-state index contributed by atoms with van der Waals surface area (Å²) in [6, 6.07) is 4.68. The van der Waals surface area contributed by atoms with E-state index < -0.39 is 22.5 Å². The van der Waals surface area contributed by atoms with Gasteiger partial charge in [-0.05, 0) is 18.2 Å². The molecule has 0 spiro atoms. The summed E-state index contributed by atoms with van der Waals surface area (Å²) in [5.74, 6) is -0.312. The number of carbonyl (C=O) groups is 1. The molecule has 0 unspecified atom stereocenters. The number of aromatic nitrogens is 2. The Morgan fingerprint density at radius 2 is 1.75 bits per heavy atom. The number of hydrogen-bond acceptors (Lipinski definition) is 9. The molecule has 10 nitrogen and oxygen atoms in total. The van der Waals surface area contributed by atoms with Crippen molar-refractivity contribution in [3.63, 3.8) is 0 Å². The van der Waals surface area contributed by atoms with E-state index in [0.29, 0.717) is 5.75 Å². The summed E-state index contributed by atoms with van der Waals surface area (Å²) >= 11 is 0. The van der Waals surface area contributed by atoms with E-state index in [1.165, 1.54) is 44.6 Å². The van der Waals surface area contributed by atoms with Crippen LogP contribution in [0.15, 0.2) is 40.2 Å². The average molecular weight is 383 g/mol. The molecule has 28 heavy (non-hydrogen) atoms. The number of amides is 1. The largest absolute Gasteiger partial charge is 0.504 e. The lowest BCUT2D eigenvalue weighted by Gasteiger charge is -2.17. The molecule has 0 aliphatic rings. The molecule has 0 bridgehead atoms. The van der Waals surface area contributed by atoms with Gasteiger partial charge in [0.15, 0.2) is 23.0 Å². The van der Waals surface area contributed by atoms with E-state index in [4.69, 9.17) is 4.74 Å². The molecule has 0 fully saturated rings. The molecule has 3 N–H and O–H groups in total. The molecule has 3 aromatic rings. The van der Waals surface area contributed by atoms with Crippen LogP contribution in [0.25, 0.3) is 0 Å². The average Bonchev–Trinajstić information content (AvgIpc) is 2.71. The van der Waals surface area contributed by atoms with Crippen LogP contribution in [-0.2, 0) is 0 Å². The van der Waals surface area contributed by atoms with Crippen LogP contribution < -0.4 is 26.2 Å². The Hall–Kier alpha value is -3.95. The van der Waals surface area contributed by atoms with Crippen LogP contribution in [0.1, 0.15) is 10.5 Å². The molecule has 2 heterocycles. The Morgan fingerprint density at radius 3 is 2.39 bits per heavy atom. The van der Waals surface area contributed by atoms with Crippen molar-refractivity contribution >= 4 is 28.8 Å². The highest BCUT2D eigenvalue weighted by atomic mass is 16.5. The lowest BCUT2D eigenvalue weighted by Crippen LogP contribution is -2.36. The van der Waals surface area contributed by atoms with Crippen LogP contribution in [0.2, 0.25) is 0 Å². The number of rotatable bonds is 6. The summed E-state index contributed by atoms with van der Waals surface area (Å²) in [4.78, 5) is 45.3. The highest BCUT2D eigenvalue weighted by Gasteiger charge is 2.25. The fraction of sp³-hybridized carbons (Fsp3) is 0.167. The maximum atomic E-state index is 12.1. The number of carbonyl (C=O) groups excluding carboxylic acids is 1. The number of pyridine rings is 2. The fourth-order valence-electron chi connectivity index (χ4n) is 2.46. The van der Waals surface area contributed by atoms with Gasteiger partial charge in [-0.1, -0.05) is 0 Å². The minimum atomic E-state index is -0.769. The Morgan fingerprint density at radius 1 is 1.07 bits per heavy atom. The zero-order valence-electron chi connectivity index (χ0n) is 15.3. The topological polar surface area (TPSA) is 134 Å². The molecule has 0 atom stereocenters. The summed E-state index contributed by atoms with van der Waals surface area (Å²) in [6.07, 6.45) is 2.80. The van der Waals surface area contributed by atoms with Crippen LogP contribution in [0, 0.1) is 0 Å². The van der Waals surface area contributed by atoms with Gasteiger partial charge in [-0.25, -0.2) is 9.97 Å². The summed E-state index contributed by atoms with van der Waals surface area (Å²) in [7, 11) is 4.48. The second-order valence-electron chi connectivity index (χ2n) is 5.97. The molecule has 0 radical (unpaired) electrons. The molecule has 1 amide bonds. The summed E-state index contributed by atoms with van der Waals surface area (Å²) in [5, 5.41) is 15.8. The number of nitrogens with zero attached hydrogens (tertiary/aromatic N) is 3. The van der Waals surface area contributed by atoms with E-state index in [1.807, 2.05) is 0 Å². The van der Waals surface area contributed by atoms with Gasteiger partial charge in [0, 0.05) is 26.5 Å². The number of methoxy groups -OCH3 is 1. The predicted molar refractivity (Wildman–Crippen MR) is 103 cm³/mol. The minimum absolute atomic E-state index is 0.0290. The second-order valence-corrected chi connectivity index (χ2v) is 5.97. The third-order valence-electron chi connectivity index (χ3n) is 3.94. The van der Waals surface area contributed by atoms with Crippen LogP contribution in [0.4, 0.5) is 22.9 Å². The maximum absolute atomic E-state index is 12.1. The molecule has 144 valence electrons. The van der Waals surface area contributed by atoms with Crippen molar-refractivity contribution in [2.24, 2.45) is 0 Å². The molecule has 3 rings (SSSR count). The van der Waals surface area contributed by atoms with E-state index in [1.54, 1.807) is 12.1 Å². The van der Waals surface area contributed by atoms with Crippen molar-refractivity contribution in [3.8, 4) is 11.5 Å². The van der Waals surface area contributed by atoms with Gasteiger partial charge in [0.05, 0.1) is 12.8 Å². The highest BCUT2D eigenvalue weighted by Crippen LogP contribution is 2.32. The normalized spacial score (nSPS) is 10.5. The number of nitrogens with one attached hydrogen (secondary N) is 2. The molecule has 0 aliphatic heterocycles. The van der Waals surface area contributed by atoms with E-state index in [-0.39, 0.29) is 28.6 Å². The number of anilines is 4. The Bertz CT molecular complexity index is 1120. The van der Waals surface area contributed by atoms with Gasteiger partial charge in [0.1, 0.15) is 11.4 Å². The molecule has 0 saturated heterocycles. The van der Waals surface area contributed by atoms with Crippen LogP contribution in [0.3, 0.4) is 0 Å². The minimum Gasteiger partial charge on any atom is -0.504 e. The first-order chi connectivity index (χ1) is 13.3. The smallest absolute Gasteiger partial charge is 0.275 e. The van der Waals surface area contributed by atoms with Gasteiger partial charge in [0.25, 0.3) is 16.8 Å². The third-order valence-corrected chi connectivity index (χ3v) is 3.94. The molecule has 0 aliphatic carbocycles. The zero-order chi connectivity index (χ0) is 20.4. The molecule has 0 saturated carbocycles. The SMILES string of the molecule is COc1cccnc1Nc1c(Nc2ccnc(C(=O)N(C)C)c2O)c(=O)c1=O. The fourth-order valence-corrected chi connectivity index (χ4v) is 2.46. The molecule has 10 heteroatoms. The quantitative estimate of drug-likeness (QED) is 0.532. The lowest BCUT2D eigenvalue weighted by atomic mass is 10.1. The molecule has 1 aromatic carbocycles. The number of ether oxygens (including phenoxy) is 1. The van der Waals surface area contributed by atoms with Gasteiger partial charge in [-0.2, -0.15) is 0 Å². The van der Waals surface area contributed by atoms with Gasteiger partial charge < -0.3 is 25.4 Å². The summed E-state index contributed by atoms with van der Waals surface area (Å²) in [6.45, 7) is 0. The van der Waals surface area contributed by atoms with Crippen molar-refractivity contribution in [3.05, 3.63) is 56.7 Å². The van der Waals surface area contributed by atoms with Crippen LogP contribution >= 0.6 is 0 Å². The number of hydrogen-bond donors (Lipinski definition) is 3. The molecule has 2 aromatic heterocycles. The van der Waals surface area contributed by atoms with Gasteiger partial charge >= 0.3 is 0 Å².